The minimum atomic E-state index is -3.50. The summed E-state index contributed by atoms with van der Waals surface area (Å²) >= 11 is 1.19. The summed E-state index contributed by atoms with van der Waals surface area (Å²) in [4.78, 5) is 28.7. The molecule has 1 unspecified atom stereocenters. The molecule has 10 heteroatoms. The third kappa shape index (κ3) is 3.94. The molecule has 0 radical (unpaired) electrons. The Morgan fingerprint density at radius 2 is 1.80 bits per heavy atom. The zero-order valence-corrected chi connectivity index (χ0v) is 18.2. The lowest BCUT2D eigenvalue weighted by molar-refractivity contribution is -0.136. The minimum Gasteiger partial charge on any atom is -0.497 e. The summed E-state index contributed by atoms with van der Waals surface area (Å²) in [6, 6.07) is 10.5. The van der Waals surface area contributed by atoms with Crippen molar-refractivity contribution in [1.82, 2.24) is 9.21 Å². The smallest absolute Gasteiger partial charge is 0.252 e. The largest absolute Gasteiger partial charge is 0.497 e. The van der Waals surface area contributed by atoms with Crippen LogP contribution in [-0.4, -0.2) is 69.3 Å². The van der Waals surface area contributed by atoms with E-state index in [0.717, 1.165) is 5.69 Å². The molecule has 1 aromatic carbocycles. The highest BCUT2D eigenvalue weighted by Gasteiger charge is 2.39. The van der Waals surface area contributed by atoms with E-state index in [9.17, 15) is 18.0 Å². The van der Waals surface area contributed by atoms with Crippen LogP contribution in [0.25, 0.3) is 0 Å². The third-order valence-corrected chi connectivity index (χ3v) is 8.77. The quantitative estimate of drug-likeness (QED) is 0.693. The van der Waals surface area contributed by atoms with Crippen LogP contribution in [0.15, 0.2) is 46.0 Å². The van der Waals surface area contributed by atoms with Crippen LogP contribution in [0.2, 0.25) is 0 Å². The Kier molecular flexibility index (Phi) is 5.81. The maximum atomic E-state index is 13.0. The molecule has 8 nitrogen and oxygen atoms in total. The predicted octanol–water partition coefficient (Wildman–Crippen LogP) is 1.64. The first-order chi connectivity index (χ1) is 14.4. The number of methoxy groups -OCH3 is 1. The lowest BCUT2D eigenvalue weighted by atomic mass is 10.1. The molecule has 1 atom stereocenters. The van der Waals surface area contributed by atoms with Gasteiger partial charge in [-0.3, -0.25) is 9.59 Å². The van der Waals surface area contributed by atoms with Gasteiger partial charge >= 0.3 is 0 Å². The Morgan fingerprint density at radius 3 is 2.40 bits per heavy atom. The predicted molar refractivity (Wildman–Crippen MR) is 113 cm³/mol. The standard InChI is InChI=1S/C20H23N3O5S2/c1-28-17-6-4-16(5-7-17)23-14-15(13-18(23)24)20(25)21-8-10-22(11-9-21)30(26,27)19-3-2-12-29-19/h2-7,12,15H,8-11,13-14H2,1H3. The Bertz CT molecular complexity index is 1010. The van der Waals surface area contributed by atoms with Crippen molar-refractivity contribution < 1.29 is 22.7 Å². The molecule has 0 N–H and O–H groups in total. The summed E-state index contributed by atoms with van der Waals surface area (Å²) in [7, 11) is -1.93. The van der Waals surface area contributed by atoms with Crippen molar-refractivity contribution in [2.24, 2.45) is 5.92 Å². The van der Waals surface area contributed by atoms with Gasteiger partial charge in [-0.2, -0.15) is 4.31 Å². The van der Waals surface area contributed by atoms with Crippen LogP contribution in [0, 0.1) is 5.92 Å². The van der Waals surface area contributed by atoms with Crippen molar-refractivity contribution in [2.45, 2.75) is 10.6 Å². The average molecular weight is 450 g/mol. The van der Waals surface area contributed by atoms with Gasteiger partial charge in [0.1, 0.15) is 9.96 Å². The molecule has 160 valence electrons. The lowest BCUT2D eigenvalue weighted by Crippen LogP contribution is -2.52. The lowest BCUT2D eigenvalue weighted by Gasteiger charge is -2.34. The minimum absolute atomic E-state index is 0.0857. The molecule has 2 aliphatic heterocycles. The molecule has 2 aliphatic rings. The Labute approximate surface area is 179 Å². The summed E-state index contributed by atoms with van der Waals surface area (Å²) in [5, 5.41) is 1.73. The zero-order chi connectivity index (χ0) is 21.3. The fraction of sp³-hybridized carbons (Fsp3) is 0.400. The second-order valence-corrected chi connectivity index (χ2v) is 10.4. The maximum Gasteiger partial charge on any atom is 0.252 e. The summed E-state index contributed by atoms with van der Waals surface area (Å²) in [5.74, 6) is 0.110. The number of carbonyl (C=O) groups excluding carboxylic acids is 2. The van der Waals surface area contributed by atoms with Crippen LogP contribution in [-0.2, 0) is 19.6 Å². The van der Waals surface area contributed by atoms with Crippen LogP contribution in [0.3, 0.4) is 0 Å². The molecule has 4 rings (SSSR count). The molecular weight excluding hydrogens is 426 g/mol. The van der Waals surface area contributed by atoms with E-state index in [0.29, 0.717) is 29.6 Å². The molecular formula is C20H23N3O5S2. The first kappa shape index (κ1) is 20.8. The number of ether oxygens (including phenoxy) is 1. The molecule has 1 aromatic heterocycles. The summed E-state index contributed by atoms with van der Waals surface area (Å²) < 4.78 is 32.2. The van der Waals surface area contributed by atoms with Crippen molar-refractivity contribution in [2.75, 3.05) is 44.7 Å². The second-order valence-electron chi connectivity index (χ2n) is 7.26. The van der Waals surface area contributed by atoms with Gasteiger partial charge in [0.25, 0.3) is 10.0 Å². The number of anilines is 1. The fourth-order valence-corrected chi connectivity index (χ4v) is 6.40. The van der Waals surface area contributed by atoms with Crippen LogP contribution in [0.5, 0.6) is 5.75 Å². The third-order valence-electron chi connectivity index (χ3n) is 5.50. The number of nitrogens with zero attached hydrogens (tertiary/aromatic N) is 3. The van der Waals surface area contributed by atoms with Gasteiger partial charge in [-0.05, 0) is 35.7 Å². The van der Waals surface area contributed by atoms with Gasteiger partial charge in [0.15, 0.2) is 0 Å². The molecule has 2 aromatic rings. The van der Waals surface area contributed by atoms with Crippen LogP contribution < -0.4 is 9.64 Å². The number of rotatable bonds is 5. The molecule has 2 fully saturated rings. The van der Waals surface area contributed by atoms with Crippen molar-refractivity contribution in [3.63, 3.8) is 0 Å². The first-order valence-electron chi connectivity index (χ1n) is 9.67. The average Bonchev–Trinajstić information content (AvgIpc) is 3.44. The summed E-state index contributed by atoms with van der Waals surface area (Å²) in [6.07, 6.45) is 0.165. The number of thiophene rings is 1. The van der Waals surface area contributed by atoms with E-state index in [4.69, 9.17) is 4.74 Å². The van der Waals surface area contributed by atoms with Crippen molar-refractivity contribution >= 4 is 38.9 Å². The molecule has 0 aliphatic carbocycles. The van der Waals surface area contributed by atoms with Gasteiger partial charge in [0.2, 0.25) is 11.8 Å². The second kappa shape index (κ2) is 8.37. The monoisotopic (exact) mass is 449 g/mol. The van der Waals surface area contributed by atoms with E-state index in [2.05, 4.69) is 0 Å². The van der Waals surface area contributed by atoms with E-state index in [-0.39, 0.29) is 31.3 Å². The van der Waals surface area contributed by atoms with Crippen molar-refractivity contribution in [3.05, 3.63) is 41.8 Å². The van der Waals surface area contributed by atoms with Gasteiger partial charge in [-0.25, -0.2) is 8.42 Å². The highest BCUT2D eigenvalue weighted by Crippen LogP contribution is 2.28. The molecule has 0 saturated carbocycles. The van der Waals surface area contributed by atoms with Gasteiger partial charge in [0, 0.05) is 44.8 Å². The Morgan fingerprint density at radius 1 is 1.10 bits per heavy atom. The van der Waals surface area contributed by atoms with Gasteiger partial charge in [-0.15, -0.1) is 11.3 Å². The molecule has 2 amide bonds. The summed E-state index contributed by atoms with van der Waals surface area (Å²) in [5.41, 5.74) is 0.739. The van der Waals surface area contributed by atoms with Crippen LogP contribution in [0.4, 0.5) is 5.69 Å². The van der Waals surface area contributed by atoms with Crippen molar-refractivity contribution in [1.29, 1.82) is 0 Å². The summed E-state index contributed by atoms with van der Waals surface area (Å²) in [6.45, 7) is 1.51. The molecule has 0 bridgehead atoms. The number of hydrogen-bond donors (Lipinski definition) is 0. The Balaban J connectivity index is 1.37. The van der Waals surface area contributed by atoms with E-state index in [1.54, 1.807) is 58.7 Å². The normalized spacial score (nSPS) is 20.6. The maximum absolute atomic E-state index is 13.0. The highest BCUT2D eigenvalue weighted by molar-refractivity contribution is 7.91. The number of amides is 2. The molecule has 0 spiro atoms. The van der Waals surface area contributed by atoms with E-state index in [1.807, 2.05) is 0 Å². The Hall–Kier alpha value is -2.43. The van der Waals surface area contributed by atoms with E-state index >= 15 is 0 Å². The number of hydrogen-bond acceptors (Lipinski definition) is 6. The molecule has 3 heterocycles. The molecule has 30 heavy (non-hydrogen) atoms. The van der Waals surface area contributed by atoms with E-state index < -0.39 is 15.9 Å². The van der Waals surface area contributed by atoms with Gasteiger partial charge in [-0.1, -0.05) is 6.07 Å². The van der Waals surface area contributed by atoms with Crippen LogP contribution >= 0.6 is 11.3 Å². The number of sulfonamides is 1. The van der Waals surface area contributed by atoms with Gasteiger partial charge in [0.05, 0.1) is 13.0 Å². The number of piperazine rings is 1. The topological polar surface area (TPSA) is 87.2 Å². The SMILES string of the molecule is COc1ccc(N2CC(C(=O)N3CCN(S(=O)(=O)c4cccs4)CC3)CC2=O)cc1. The fourth-order valence-electron chi connectivity index (χ4n) is 3.83. The zero-order valence-electron chi connectivity index (χ0n) is 16.6. The first-order valence-corrected chi connectivity index (χ1v) is 12.0. The van der Waals surface area contributed by atoms with Crippen molar-refractivity contribution in [3.8, 4) is 5.75 Å². The highest BCUT2D eigenvalue weighted by atomic mass is 32.2. The number of benzene rings is 1. The van der Waals surface area contributed by atoms with Crippen LogP contribution in [0.1, 0.15) is 6.42 Å². The van der Waals surface area contributed by atoms with E-state index in [1.165, 1.54) is 15.6 Å². The number of carbonyl (C=O) groups is 2. The van der Waals surface area contributed by atoms with Gasteiger partial charge < -0.3 is 14.5 Å². The molecule has 2 saturated heterocycles.